The van der Waals surface area contributed by atoms with Crippen LogP contribution in [-0.4, -0.2) is 58.0 Å². The third-order valence-corrected chi connectivity index (χ3v) is 4.81. The average Bonchev–Trinajstić information content (AvgIpc) is 3.22. The van der Waals surface area contributed by atoms with Crippen LogP contribution in [0.3, 0.4) is 0 Å². The number of amides is 2. The van der Waals surface area contributed by atoms with Crippen LogP contribution in [-0.2, 0) is 21.0 Å². The maximum absolute atomic E-state index is 12.7. The molecule has 1 saturated heterocycles. The van der Waals surface area contributed by atoms with Gasteiger partial charge in [0.05, 0.1) is 18.8 Å². The van der Waals surface area contributed by atoms with E-state index in [0.717, 1.165) is 5.69 Å². The smallest absolute Gasteiger partial charge is 0.271 e. The molecule has 0 aliphatic carbocycles. The van der Waals surface area contributed by atoms with Gasteiger partial charge in [-0.05, 0) is 18.1 Å². The van der Waals surface area contributed by atoms with Crippen LogP contribution in [0.2, 0.25) is 0 Å². The van der Waals surface area contributed by atoms with Crippen LogP contribution in [0.25, 0.3) is 0 Å². The van der Waals surface area contributed by atoms with Gasteiger partial charge in [0.2, 0.25) is 5.91 Å². The fraction of sp³-hybridized carbons (Fsp3) is 0.579. The minimum Gasteiger partial charge on any atom is -0.386 e. The highest BCUT2D eigenvalue weighted by atomic mass is 16.7. The van der Waals surface area contributed by atoms with E-state index in [1.807, 2.05) is 36.9 Å². The van der Waals surface area contributed by atoms with Crippen LogP contribution < -0.4 is 0 Å². The lowest BCUT2D eigenvalue weighted by atomic mass is 9.96. The van der Waals surface area contributed by atoms with Gasteiger partial charge in [-0.15, -0.1) is 0 Å². The molecule has 1 aromatic rings. The van der Waals surface area contributed by atoms with Crippen LogP contribution in [0.5, 0.6) is 0 Å². The molecule has 1 atom stereocenters. The Balaban J connectivity index is 1.56. The standard InChI is InChI=1S/C19H26N4O3/c1-14(2)10-17(24)23-9-7-19(13-23)11-16(21-26-19)18(25)22(3)12-15-6-4-5-8-20-15/h4-6,8,14H,7,9-13H2,1-3H3. The molecule has 0 saturated carbocycles. The van der Waals surface area contributed by atoms with Crippen molar-refractivity contribution in [2.24, 2.45) is 11.1 Å². The summed E-state index contributed by atoms with van der Waals surface area (Å²) in [4.78, 5) is 38.3. The van der Waals surface area contributed by atoms with Gasteiger partial charge >= 0.3 is 0 Å². The quantitative estimate of drug-likeness (QED) is 0.805. The molecule has 0 bridgehead atoms. The molecule has 7 heteroatoms. The third-order valence-electron chi connectivity index (χ3n) is 4.81. The highest BCUT2D eigenvalue weighted by Crippen LogP contribution is 2.34. The Hall–Kier alpha value is -2.44. The zero-order valence-corrected chi connectivity index (χ0v) is 15.6. The molecule has 140 valence electrons. The van der Waals surface area contributed by atoms with Gasteiger partial charge in [-0.1, -0.05) is 25.1 Å². The second-order valence-corrected chi connectivity index (χ2v) is 7.63. The molecule has 2 amide bonds. The topological polar surface area (TPSA) is 75.1 Å². The average molecular weight is 358 g/mol. The number of hydrogen-bond donors (Lipinski definition) is 0. The van der Waals surface area contributed by atoms with Gasteiger partial charge < -0.3 is 14.6 Å². The minimum atomic E-state index is -0.538. The first-order valence-corrected chi connectivity index (χ1v) is 9.07. The van der Waals surface area contributed by atoms with Crippen molar-refractivity contribution in [1.82, 2.24) is 14.8 Å². The van der Waals surface area contributed by atoms with Crippen LogP contribution in [0.4, 0.5) is 0 Å². The van der Waals surface area contributed by atoms with Crippen molar-refractivity contribution in [1.29, 1.82) is 0 Å². The van der Waals surface area contributed by atoms with Gasteiger partial charge in [-0.3, -0.25) is 14.6 Å². The minimum absolute atomic E-state index is 0.146. The van der Waals surface area contributed by atoms with Gasteiger partial charge in [0, 0.05) is 39.1 Å². The predicted molar refractivity (Wildman–Crippen MR) is 97.2 cm³/mol. The van der Waals surface area contributed by atoms with Gasteiger partial charge in [0.15, 0.2) is 5.60 Å². The van der Waals surface area contributed by atoms with Crippen LogP contribution >= 0.6 is 0 Å². The van der Waals surface area contributed by atoms with Gasteiger partial charge in [0.1, 0.15) is 5.71 Å². The van der Waals surface area contributed by atoms with E-state index in [-0.39, 0.29) is 11.8 Å². The summed E-state index contributed by atoms with van der Waals surface area (Å²) in [7, 11) is 1.73. The highest BCUT2D eigenvalue weighted by Gasteiger charge is 2.48. The number of rotatable bonds is 5. The largest absolute Gasteiger partial charge is 0.386 e. The van der Waals surface area contributed by atoms with E-state index >= 15 is 0 Å². The molecular formula is C19H26N4O3. The molecule has 1 unspecified atom stereocenters. The number of aromatic nitrogens is 1. The fourth-order valence-electron chi connectivity index (χ4n) is 3.42. The van der Waals surface area contributed by atoms with E-state index in [4.69, 9.17) is 4.84 Å². The van der Waals surface area contributed by atoms with E-state index in [1.54, 1.807) is 18.1 Å². The Morgan fingerprint density at radius 2 is 2.19 bits per heavy atom. The number of pyridine rings is 1. The summed E-state index contributed by atoms with van der Waals surface area (Å²) < 4.78 is 0. The van der Waals surface area contributed by atoms with Crippen molar-refractivity contribution in [3.8, 4) is 0 Å². The van der Waals surface area contributed by atoms with E-state index in [2.05, 4.69) is 10.1 Å². The van der Waals surface area contributed by atoms with E-state index in [1.165, 1.54) is 0 Å². The van der Waals surface area contributed by atoms with E-state index in [9.17, 15) is 9.59 Å². The zero-order valence-electron chi connectivity index (χ0n) is 15.6. The molecular weight excluding hydrogens is 332 g/mol. The normalized spacial score (nSPS) is 21.8. The Labute approximate surface area is 154 Å². The maximum Gasteiger partial charge on any atom is 0.271 e. The summed E-state index contributed by atoms with van der Waals surface area (Å²) in [6, 6.07) is 5.62. The Morgan fingerprint density at radius 3 is 2.88 bits per heavy atom. The summed E-state index contributed by atoms with van der Waals surface area (Å²) in [5.74, 6) is 0.323. The van der Waals surface area contributed by atoms with Crippen molar-refractivity contribution >= 4 is 17.5 Å². The molecule has 0 aromatic carbocycles. The fourth-order valence-corrected chi connectivity index (χ4v) is 3.42. The summed E-state index contributed by atoms with van der Waals surface area (Å²) in [5, 5.41) is 4.06. The SMILES string of the molecule is CC(C)CC(=O)N1CCC2(CC(C(=O)N(C)Cc3ccccn3)=NO2)C1. The van der Waals surface area contributed by atoms with Crippen molar-refractivity contribution in [2.75, 3.05) is 20.1 Å². The third kappa shape index (κ3) is 4.03. The number of oxime groups is 1. The van der Waals surface area contributed by atoms with Crippen molar-refractivity contribution < 1.29 is 14.4 Å². The first-order valence-electron chi connectivity index (χ1n) is 9.07. The number of likely N-dealkylation sites (tertiary alicyclic amines) is 1. The zero-order chi connectivity index (χ0) is 18.7. The summed E-state index contributed by atoms with van der Waals surface area (Å²) in [6.45, 7) is 5.65. The number of carbonyl (C=O) groups is 2. The van der Waals surface area contributed by atoms with Crippen LogP contribution in [0.15, 0.2) is 29.6 Å². The molecule has 3 rings (SSSR count). The molecule has 0 N–H and O–H groups in total. The Morgan fingerprint density at radius 1 is 1.38 bits per heavy atom. The van der Waals surface area contributed by atoms with Crippen molar-refractivity contribution in [3.05, 3.63) is 30.1 Å². The molecule has 3 heterocycles. The Kier molecular flexibility index (Phi) is 5.25. The first kappa shape index (κ1) is 18.4. The van der Waals surface area contributed by atoms with Crippen LogP contribution in [0.1, 0.15) is 38.8 Å². The predicted octanol–water partition coefficient (Wildman–Crippen LogP) is 1.83. The van der Waals surface area contributed by atoms with Crippen molar-refractivity contribution in [2.45, 2.75) is 45.3 Å². The molecule has 2 aliphatic heterocycles. The molecule has 7 nitrogen and oxygen atoms in total. The lowest BCUT2D eigenvalue weighted by Crippen LogP contribution is -2.39. The lowest BCUT2D eigenvalue weighted by molar-refractivity contribution is -0.132. The van der Waals surface area contributed by atoms with E-state index < -0.39 is 5.60 Å². The summed E-state index contributed by atoms with van der Waals surface area (Å²) in [6.07, 6.45) is 3.40. The summed E-state index contributed by atoms with van der Waals surface area (Å²) in [5.41, 5.74) is 0.703. The van der Waals surface area contributed by atoms with Gasteiger partial charge in [-0.2, -0.15) is 0 Å². The maximum atomic E-state index is 12.7. The Bertz CT molecular complexity index is 704. The lowest BCUT2D eigenvalue weighted by Gasteiger charge is -2.22. The monoisotopic (exact) mass is 358 g/mol. The molecule has 2 aliphatic rings. The van der Waals surface area contributed by atoms with Gasteiger partial charge in [0.25, 0.3) is 5.91 Å². The molecule has 1 aromatic heterocycles. The molecule has 1 fully saturated rings. The highest BCUT2D eigenvalue weighted by molar-refractivity contribution is 6.39. The molecule has 26 heavy (non-hydrogen) atoms. The second kappa shape index (κ2) is 7.43. The van der Waals surface area contributed by atoms with E-state index in [0.29, 0.717) is 50.5 Å². The number of nitrogens with zero attached hydrogens (tertiary/aromatic N) is 4. The van der Waals surface area contributed by atoms with Crippen molar-refractivity contribution in [3.63, 3.8) is 0 Å². The van der Waals surface area contributed by atoms with Crippen LogP contribution in [0, 0.1) is 5.92 Å². The molecule has 0 radical (unpaired) electrons. The second-order valence-electron chi connectivity index (χ2n) is 7.63. The molecule has 1 spiro atoms. The van der Waals surface area contributed by atoms with Gasteiger partial charge in [-0.25, -0.2) is 0 Å². The first-order chi connectivity index (χ1) is 12.4. The number of hydrogen-bond acceptors (Lipinski definition) is 5. The summed E-state index contributed by atoms with van der Waals surface area (Å²) >= 11 is 0. The number of carbonyl (C=O) groups excluding carboxylic acids is 2.